The highest BCUT2D eigenvalue weighted by Gasteiger charge is 2.27. The summed E-state index contributed by atoms with van der Waals surface area (Å²) < 4.78 is 0. The Morgan fingerprint density at radius 2 is 1.89 bits per heavy atom. The van der Waals surface area contributed by atoms with E-state index in [4.69, 9.17) is 5.11 Å². The molecule has 0 aromatic heterocycles. The minimum Gasteiger partial charge on any atom is -0.481 e. The van der Waals surface area contributed by atoms with Crippen molar-refractivity contribution in [3.8, 4) is 0 Å². The lowest BCUT2D eigenvalue weighted by Gasteiger charge is -2.27. The van der Waals surface area contributed by atoms with E-state index in [1.807, 2.05) is 0 Å². The average Bonchev–Trinajstić information content (AvgIpc) is 2.38. The number of carboxylic acid groups (broad SMARTS) is 1. The Bertz CT molecular complexity index is 291. The van der Waals surface area contributed by atoms with Crippen LogP contribution in [0.5, 0.6) is 0 Å². The molecule has 0 spiro atoms. The maximum absolute atomic E-state index is 11.8. The van der Waals surface area contributed by atoms with Gasteiger partial charge in [-0.2, -0.15) is 0 Å². The highest BCUT2D eigenvalue weighted by atomic mass is 16.4. The number of nitrogens with one attached hydrogen (secondary N) is 1. The molecule has 0 aromatic rings. The van der Waals surface area contributed by atoms with Gasteiger partial charge < -0.3 is 10.4 Å². The summed E-state index contributed by atoms with van der Waals surface area (Å²) in [5.74, 6) is -0.908. The summed E-state index contributed by atoms with van der Waals surface area (Å²) in [5.41, 5.74) is 0. The molecule has 0 bridgehead atoms. The van der Waals surface area contributed by atoms with Gasteiger partial charge in [0.15, 0.2) is 0 Å². The van der Waals surface area contributed by atoms with Crippen LogP contribution in [-0.2, 0) is 9.59 Å². The van der Waals surface area contributed by atoms with Gasteiger partial charge in [-0.05, 0) is 25.7 Å². The summed E-state index contributed by atoms with van der Waals surface area (Å²) in [4.78, 5) is 22.7. The summed E-state index contributed by atoms with van der Waals surface area (Å²) in [7, 11) is 0. The third-order valence-electron chi connectivity index (χ3n) is 3.90. The van der Waals surface area contributed by atoms with Gasteiger partial charge in [0.05, 0.1) is 5.92 Å². The van der Waals surface area contributed by atoms with E-state index < -0.39 is 5.97 Å². The van der Waals surface area contributed by atoms with Crippen LogP contribution in [0.2, 0.25) is 0 Å². The molecule has 0 saturated heterocycles. The average molecular weight is 269 g/mol. The van der Waals surface area contributed by atoms with Crippen molar-refractivity contribution in [2.45, 2.75) is 77.2 Å². The number of hydrogen-bond donors (Lipinski definition) is 2. The normalized spacial score (nSPS) is 23.0. The van der Waals surface area contributed by atoms with Gasteiger partial charge in [-0.15, -0.1) is 0 Å². The number of unbranched alkanes of at least 4 members (excludes halogenated alkanes) is 4. The molecule has 1 amide bonds. The van der Waals surface area contributed by atoms with E-state index in [0.717, 1.165) is 32.1 Å². The molecule has 2 atom stereocenters. The quantitative estimate of drug-likeness (QED) is 0.665. The monoisotopic (exact) mass is 269 g/mol. The number of amides is 1. The standard InChI is InChI=1S/C15H27NO3/c1-2-3-4-5-6-10-14(17)16-13-9-7-8-12(11-13)15(18)19/h12-13H,2-11H2,1H3,(H,16,17)(H,18,19). The lowest BCUT2D eigenvalue weighted by molar-refractivity contribution is -0.143. The Hall–Kier alpha value is -1.06. The largest absolute Gasteiger partial charge is 0.481 e. The number of carbonyl (C=O) groups is 2. The maximum Gasteiger partial charge on any atom is 0.306 e. The fourth-order valence-corrected chi connectivity index (χ4v) is 2.73. The second kappa shape index (κ2) is 8.94. The van der Waals surface area contributed by atoms with Crippen molar-refractivity contribution >= 4 is 11.9 Å². The summed E-state index contributed by atoms with van der Waals surface area (Å²) in [6.07, 6.45) is 9.46. The molecule has 2 unspecified atom stereocenters. The van der Waals surface area contributed by atoms with Crippen LogP contribution in [0.3, 0.4) is 0 Å². The predicted octanol–water partition coefficient (Wildman–Crippen LogP) is 3.11. The van der Waals surface area contributed by atoms with Crippen LogP contribution < -0.4 is 5.32 Å². The van der Waals surface area contributed by atoms with Crippen molar-refractivity contribution in [2.75, 3.05) is 0 Å². The summed E-state index contributed by atoms with van der Waals surface area (Å²) >= 11 is 0. The smallest absolute Gasteiger partial charge is 0.306 e. The third kappa shape index (κ3) is 6.60. The molecule has 1 aliphatic carbocycles. The minimum absolute atomic E-state index is 0.0676. The van der Waals surface area contributed by atoms with E-state index >= 15 is 0 Å². The van der Waals surface area contributed by atoms with Crippen molar-refractivity contribution in [1.82, 2.24) is 5.32 Å². The van der Waals surface area contributed by atoms with E-state index in [2.05, 4.69) is 12.2 Å². The Labute approximate surface area is 116 Å². The number of carboxylic acids is 1. The van der Waals surface area contributed by atoms with Crippen molar-refractivity contribution in [3.05, 3.63) is 0 Å². The molecule has 0 heterocycles. The lowest BCUT2D eigenvalue weighted by Crippen LogP contribution is -2.39. The van der Waals surface area contributed by atoms with Crippen LogP contribution in [0.1, 0.15) is 71.1 Å². The van der Waals surface area contributed by atoms with Crippen molar-refractivity contribution in [1.29, 1.82) is 0 Å². The highest BCUT2D eigenvalue weighted by molar-refractivity contribution is 5.76. The van der Waals surface area contributed by atoms with Crippen molar-refractivity contribution in [3.63, 3.8) is 0 Å². The van der Waals surface area contributed by atoms with Crippen LogP contribution in [0.4, 0.5) is 0 Å². The maximum atomic E-state index is 11.8. The SMILES string of the molecule is CCCCCCCC(=O)NC1CCCC(C(=O)O)C1. The Morgan fingerprint density at radius 3 is 2.58 bits per heavy atom. The summed E-state index contributed by atoms with van der Waals surface area (Å²) in [5, 5.41) is 12.0. The van der Waals surface area contributed by atoms with Gasteiger partial charge in [0.25, 0.3) is 0 Å². The molecular formula is C15H27NO3. The summed E-state index contributed by atoms with van der Waals surface area (Å²) in [6, 6.07) is 0.0676. The molecule has 0 aromatic carbocycles. The molecule has 1 saturated carbocycles. The first-order valence-corrected chi connectivity index (χ1v) is 7.65. The van der Waals surface area contributed by atoms with Crippen LogP contribution in [0, 0.1) is 5.92 Å². The van der Waals surface area contributed by atoms with Crippen LogP contribution in [0.25, 0.3) is 0 Å². The first-order chi connectivity index (χ1) is 9.13. The third-order valence-corrected chi connectivity index (χ3v) is 3.90. The summed E-state index contributed by atoms with van der Waals surface area (Å²) in [6.45, 7) is 2.18. The molecule has 0 aliphatic heterocycles. The zero-order valence-corrected chi connectivity index (χ0v) is 12.0. The van der Waals surface area contributed by atoms with Gasteiger partial charge in [0.1, 0.15) is 0 Å². The van der Waals surface area contributed by atoms with Gasteiger partial charge in [-0.25, -0.2) is 0 Å². The number of hydrogen-bond acceptors (Lipinski definition) is 2. The van der Waals surface area contributed by atoms with E-state index in [9.17, 15) is 9.59 Å². The van der Waals surface area contributed by atoms with Crippen LogP contribution >= 0.6 is 0 Å². The molecule has 4 nitrogen and oxygen atoms in total. The highest BCUT2D eigenvalue weighted by Crippen LogP contribution is 2.24. The molecule has 4 heteroatoms. The minimum atomic E-state index is -0.724. The van der Waals surface area contributed by atoms with Gasteiger partial charge in [-0.3, -0.25) is 9.59 Å². The van der Waals surface area contributed by atoms with Gasteiger partial charge in [-0.1, -0.05) is 39.0 Å². The van der Waals surface area contributed by atoms with Crippen molar-refractivity contribution in [2.24, 2.45) is 5.92 Å². The zero-order valence-electron chi connectivity index (χ0n) is 12.0. The lowest BCUT2D eigenvalue weighted by atomic mass is 9.86. The Balaban J connectivity index is 2.15. The zero-order chi connectivity index (χ0) is 14.1. The number of carbonyl (C=O) groups excluding carboxylic acids is 1. The molecule has 1 rings (SSSR count). The second-order valence-corrected chi connectivity index (χ2v) is 5.63. The predicted molar refractivity (Wildman–Crippen MR) is 74.9 cm³/mol. The van der Waals surface area contributed by atoms with Gasteiger partial charge in [0.2, 0.25) is 5.91 Å². The molecule has 0 radical (unpaired) electrons. The van der Waals surface area contributed by atoms with Crippen LogP contribution in [-0.4, -0.2) is 23.0 Å². The topological polar surface area (TPSA) is 66.4 Å². The molecule has 1 aliphatic rings. The van der Waals surface area contributed by atoms with E-state index in [-0.39, 0.29) is 17.9 Å². The van der Waals surface area contributed by atoms with E-state index in [1.165, 1.54) is 19.3 Å². The number of aliphatic carboxylic acids is 1. The molecule has 1 fully saturated rings. The molecule has 110 valence electrons. The van der Waals surface area contributed by atoms with Crippen LogP contribution in [0.15, 0.2) is 0 Å². The number of rotatable bonds is 8. The molecule has 2 N–H and O–H groups in total. The van der Waals surface area contributed by atoms with Gasteiger partial charge in [0, 0.05) is 12.5 Å². The Kier molecular flexibility index (Phi) is 7.53. The first kappa shape index (κ1) is 16.0. The second-order valence-electron chi connectivity index (χ2n) is 5.63. The fourth-order valence-electron chi connectivity index (χ4n) is 2.73. The first-order valence-electron chi connectivity index (χ1n) is 7.65. The molecular weight excluding hydrogens is 242 g/mol. The van der Waals surface area contributed by atoms with E-state index in [1.54, 1.807) is 0 Å². The Morgan fingerprint density at radius 1 is 1.16 bits per heavy atom. The molecule has 19 heavy (non-hydrogen) atoms. The van der Waals surface area contributed by atoms with Crippen molar-refractivity contribution < 1.29 is 14.7 Å². The van der Waals surface area contributed by atoms with E-state index in [0.29, 0.717) is 12.8 Å². The fraction of sp³-hybridized carbons (Fsp3) is 0.867. The van der Waals surface area contributed by atoms with Gasteiger partial charge >= 0.3 is 5.97 Å².